The molecule has 0 atom stereocenters. The second-order valence-electron chi connectivity index (χ2n) is 3.41. The van der Waals surface area contributed by atoms with Crippen LogP contribution < -0.4 is 0 Å². The smallest absolute Gasteiger partial charge is 0.259 e. The standard InChI is InChI=1S/C9H11N3O2/c1-7-9(12(13)14)6-10-11(7)8-4-2-3-5-8/h2-3,6,8H,4-5H2,1H3. The number of nitrogens with zero attached hydrogens (tertiary/aromatic N) is 3. The number of nitro groups is 1. The van der Waals surface area contributed by atoms with Crippen LogP contribution in [0.15, 0.2) is 18.3 Å². The molecule has 1 aromatic rings. The third-order valence-electron chi connectivity index (χ3n) is 2.54. The Hall–Kier alpha value is -1.65. The molecule has 0 radical (unpaired) electrons. The van der Waals surface area contributed by atoms with E-state index in [0.29, 0.717) is 5.69 Å². The van der Waals surface area contributed by atoms with Crippen molar-refractivity contribution in [3.63, 3.8) is 0 Å². The first-order valence-electron chi connectivity index (χ1n) is 4.53. The first-order chi connectivity index (χ1) is 6.70. The van der Waals surface area contributed by atoms with Gasteiger partial charge in [0.25, 0.3) is 0 Å². The molecule has 0 amide bonds. The summed E-state index contributed by atoms with van der Waals surface area (Å²) in [6.07, 6.45) is 7.32. The summed E-state index contributed by atoms with van der Waals surface area (Å²) >= 11 is 0. The molecule has 0 bridgehead atoms. The lowest BCUT2D eigenvalue weighted by Crippen LogP contribution is -2.08. The van der Waals surface area contributed by atoms with Crippen LogP contribution in [0.2, 0.25) is 0 Å². The Kier molecular flexibility index (Phi) is 2.07. The molecule has 2 rings (SSSR count). The summed E-state index contributed by atoms with van der Waals surface area (Å²) < 4.78 is 1.75. The summed E-state index contributed by atoms with van der Waals surface area (Å²) in [5.41, 5.74) is 0.751. The van der Waals surface area contributed by atoms with Gasteiger partial charge in [0.1, 0.15) is 11.9 Å². The minimum Gasteiger partial charge on any atom is -0.259 e. The summed E-state index contributed by atoms with van der Waals surface area (Å²) in [4.78, 5) is 10.2. The highest BCUT2D eigenvalue weighted by atomic mass is 16.6. The molecule has 74 valence electrons. The molecule has 0 aromatic carbocycles. The van der Waals surface area contributed by atoms with E-state index in [4.69, 9.17) is 0 Å². The summed E-state index contributed by atoms with van der Waals surface area (Å²) in [5.74, 6) is 0. The minimum atomic E-state index is -0.388. The summed E-state index contributed by atoms with van der Waals surface area (Å²) in [7, 11) is 0. The van der Waals surface area contributed by atoms with Crippen molar-refractivity contribution in [3.05, 3.63) is 34.2 Å². The van der Waals surface area contributed by atoms with Crippen LogP contribution in [0.25, 0.3) is 0 Å². The van der Waals surface area contributed by atoms with Crippen molar-refractivity contribution in [2.45, 2.75) is 25.8 Å². The van der Waals surface area contributed by atoms with Gasteiger partial charge in [-0.3, -0.25) is 14.8 Å². The predicted octanol–water partition coefficient (Wildman–Crippen LogP) is 1.99. The van der Waals surface area contributed by atoms with Gasteiger partial charge in [0.05, 0.1) is 11.0 Å². The lowest BCUT2D eigenvalue weighted by Gasteiger charge is -2.10. The number of allylic oxidation sites excluding steroid dienone is 2. The fraction of sp³-hybridized carbons (Fsp3) is 0.444. The molecule has 1 heterocycles. The highest BCUT2D eigenvalue weighted by molar-refractivity contribution is 5.32. The maximum Gasteiger partial charge on any atom is 0.309 e. The lowest BCUT2D eigenvalue weighted by molar-refractivity contribution is -0.385. The van der Waals surface area contributed by atoms with Crippen LogP contribution in [0.4, 0.5) is 5.69 Å². The van der Waals surface area contributed by atoms with Gasteiger partial charge < -0.3 is 0 Å². The molecule has 0 unspecified atom stereocenters. The molecular weight excluding hydrogens is 182 g/mol. The van der Waals surface area contributed by atoms with Crippen LogP contribution in [0.3, 0.4) is 0 Å². The third-order valence-corrected chi connectivity index (χ3v) is 2.54. The predicted molar refractivity (Wildman–Crippen MR) is 51.0 cm³/mol. The molecule has 1 aromatic heterocycles. The number of aromatic nitrogens is 2. The summed E-state index contributed by atoms with van der Waals surface area (Å²) in [6.45, 7) is 1.74. The number of rotatable bonds is 2. The zero-order valence-electron chi connectivity index (χ0n) is 7.88. The molecule has 5 heteroatoms. The Labute approximate surface area is 81.2 Å². The minimum absolute atomic E-state index is 0.108. The van der Waals surface area contributed by atoms with E-state index in [1.165, 1.54) is 6.20 Å². The van der Waals surface area contributed by atoms with Gasteiger partial charge in [-0.05, 0) is 19.8 Å². The molecule has 0 saturated heterocycles. The molecule has 0 aliphatic heterocycles. The van der Waals surface area contributed by atoms with Crippen molar-refractivity contribution in [3.8, 4) is 0 Å². The van der Waals surface area contributed by atoms with Crippen LogP contribution in [0.1, 0.15) is 24.6 Å². The SMILES string of the molecule is Cc1c([N+](=O)[O-])cnn1C1CC=CC1. The Balaban J connectivity index is 2.31. The van der Waals surface area contributed by atoms with Crippen molar-refractivity contribution in [1.82, 2.24) is 9.78 Å². The van der Waals surface area contributed by atoms with Gasteiger partial charge in [0, 0.05) is 0 Å². The second kappa shape index (κ2) is 3.25. The van der Waals surface area contributed by atoms with E-state index in [1.54, 1.807) is 11.6 Å². The molecule has 14 heavy (non-hydrogen) atoms. The molecule has 1 aliphatic rings. The van der Waals surface area contributed by atoms with Crippen LogP contribution in [-0.2, 0) is 0 Å². The molecule has 0 saturated carbocycles. The topological polar surface area (TPSA) is 61.0 Å². The van der Waals surface area contributed by atoms with E-state index in [-0.39, 0.29) is 16.7 Å². The molecule has 0 spiro atoms. The molecular formula is C9H11N3O2. The van der Waals surface area contributed by atoms with Crippen LogP contribution in [-0.4, -0.2) is 14.7 Å². The van der Waals surface area contributed by atoms with Gasteiger partial charge in [0.15, 0.2) is 0 Å². The van der Waals surface area contributed by atoms with E-state index < -0.39 is 0 Å². The maximum absolute atomic E-state index is 10.6. The Morgan fingerprint density at radius 3 is 2.71 bits per heavy atom. The highest BCUT2D eigenvalue weighted by Gasteiger charge is 2.21. The molecule has 5 nitrogen and oxygen atoms in total. The normalized spacial score (nSPS) is 16.4. The quantitative estimate of drug-likeness (QED) is 0.410. The van der Waals surface area contributed by atoms with E-state index in [2.05, 4.69) is 17.3 Å². The van der Waals surface area contributed by atoms with Crippen LogP contribution in [0, 0.1) is 17.0 Å². The number of hydrogen-bond donors (Lipinski definition) is 0. The Bertz CT molecular complexity index is 387. The third kappa shape index (κ3) is 1.30. The van der Waals surface area contributed by atoms with Crippen molar-refractivity contribution >= 4 is 5.69 Å². The largest absolute Gasteiger partial charge is 0.309 e. The monoisotopic (exact) mass is 193 g/mol. The van der Waals surface area contributed by atoms with Gasteiger partial charge in [-0.15, -0.1) is 0 Å². The van der Waals surface area contributed by atoms with E-state index in [1.807, 2.05) is 0 Å². The van der Waals surface area contributed by atoms with Gasteiger partial charge >= 0.3 is 5.69 Å². The maximum atomic E-state index is 10.6. The zero-order chi connectivity index (χ0) is 10.1. The van der Waals surface area contributed by atoms with Gasteiger partial charge in [0.2, 0.25) is 0 Å². The van der Waals surface area contributed by atoms with Gasteiger partial charge in [-0.2, -0.15) is 5.10 Å². The second-order valence-corrected chi connectivity index (χ2v) is 3.41. The fourth-order valence-corrected chi connectivity index (χ4v) is 1.76. The van der Waals surface area contributed by atoms with Gasteiger partial charge in [-0.1, -0.05) is 12.2 Å². The average Bonchev–Trinajstić information content (AvgIpc) is 2.71. The Morgan fingerprint density at radius 1 is 1.57 bits per heavy atom. The average molecular weight is 193 g/mol. The van der Waals surface area contributed by atoms with Crippen molar-refractivity contribution in [2.75, 3.05) is 0 Å². The first kappa shape index (κ1) is 8.93. The molecule has 1 aliphatic carbocycles. The van der Waals surface area contributed by atoms with Crippen molar-refractivity contribution < 1.29 is 4.92 Å². The molecule has 0 N–H and O–H groups in total. The summed E-state index contributed by atoms with van der Waals surface area (Å²) in [6, 6.07) is 0.267. The van der Waals surface area contributed by atoms with E-state index in [0.717, 1.165) is 12.8 Å². The van der Waals surface area contributed by atoms with Crippen LogP contribution >= 0.6 is 0 Å². The lowest BCUT2D eigenvalue weighted by atomic mass is 10.2. The first-order valence-corrected chi connectivity index (χ1v) is 4.53. The van der Waals surface area contributed by atoms with Crippen molar-refractivity contribution in [2.24, 2.45) is 0 Å². The van der Waals surface area contributed by atoms with Crippen LogP contribution in [0.5, 0.6) is 0 Å². The fourth-order valence-electron chi connectivity index (χ4n) is 1.76. The summed E-state index contributed by atoms with van der Waals surface area (Å²) in [5, 5.41) is 14.6. The number of hydrogen-bond acceptors (Lipinski definition) is 3. The van der Waals surface area contributed by atoms with Gasteiger partial charge in [-0.25, -0.2) is 0 Å². The molecule has 0 fully saturated rings. The van der Waals surface area contributed by atoms with Crippen molar-refractivity contribution in [1.29, 1.82) is 0 Å². The highest BCUT2D eigenvalue weighted by Crippen LogP contribution is 2.27. The van der Waals surface area contributed by atoms with E-state index in [9.17, 15) is 10.1 Å². The van der Waals surface area contributed by atoms with E-state index >= 15 is 0 Å². The zero-order valence-corrected chi connectivity index (χ0v) is 7.88. The Morgan fingerprint density at radius 2 is 2.21 bits per heavy atom.